The maximum Gasteiger partial charge on any atom is 0.524 e. The number of unbranched alkanes of at least 4 members (excludes halogenated alkanes) is 2. The highest BCUT2D eigenvalue weighted by molar-refractivity contribution is 7.46. The van der Waals surface area contributed by atoms with Gasteiger partial charge in [0.05, 0.1) is 5.02 Å². The lowest BCUT2D eigenvalue weighted by Crippen LogP contribution is -1.99. The quantitative estimate of drug-likeness (QED) is 0.692. The highest BCUT2D eigenvalue weighted by atomic mass is 35.5. The summed E-state index contributed by atoms with van der Waals surface area (Å²) in [6.07, 6.45) is 5.89. The van der Waals surface area contributed by atoms with Crippen LogP contribution in [0.3, 0.4) is 0 Å². The van der Waals surface area contributed by atoms with Crippen LogP contribution in [-0.4, -0.2) is 9.79 Å². The van der Waals surface area contributed by atoms with Crippen LogP contribution < -0.4 is 4.52 Å². The molecule has 0 aliphatic heterocycles. The summed E-state index contributed by atoms with van der Waals surface area (Å²) in [4.78, 5) is 17.8. The van der Waals surface area contributed by atoms with Gasteiger partial charge in [-0.25, -0.2) is 4.57 Å². The number of hydrogen-bond acceptors (Lipinski definition) is 2. The Morgan fingerprint density at radius 2 is 1.75 bits per heavy atom. The monoisotopic (exact) mass is 320 g/mol. The van der Waals surface area contributed by atoms with Gasteiger partial charge in [0.25, 0.3) is 0 Å². The second-order valence-corrected chi connectivity index (χ2v) is 6.35. The van der Waals surface area contributed by atoms with Crippen LogP contribution in [-0.2, 0) is 17.4 Å². The summed E-state index contributed by atoms with van der Waals surface area (Å²) >= 11 is 6.27. The van der Waals surface area contributed by atoms with E-state index in [4.69, 9.17) is 21.4 Å². The van der Waals surface area contributed by atoms with Crippen molar-refractivity contribution in [2.45, 2.75) is 52.4 Å². The first-order chi connectivity index (χ1) is 9.39. The van der Waals surface area contributed by atoms with Crippen molar-refractivity contribution in [3.63, 3.8) is 0 Å². The molecule has 2 N–H and O–H groups in total. The summed E-state index contributed by atoms with van der Waals surface area (Å²) in [5, 5.41) is 0.329. The zero-order chi connectivity index (χ0) is 15.2. The molecule has 0 amide bonds. The summed E-state index contributed by atoms with van der Waals surface area (Å²) in [7, 11) is -4.58. The molecule has 0 aliphatic carbocycles. The number of hydrogen-bond donors (Lipinski definition) is 2. The number of phosphoric ester groups is 1. The molecule has 0 saturated carbocycles. The summed E-state index contributed by atoms with van der Waals surface area (Å²) in [5.41, 5.74) is 2.09. The van der Waals surface area contributed by atoms with Crippen molar-refractivity contribution < 1.29 is 18.9 Å². The molecule has 1 aromatic rings. The first-order valence-electron chi connectivity index (χ1n) is 6.94. The molecule has 0 fully saturated rings. The maximum absolute atomic E-state index is 10.9. The summed E-state index contributed by atoms with van der Waals surface area (Å²) in [6, 6.07) is 3.40. The van der Waals surface area contributed by atoms with Gasteiger partial charge in [-0.1, -0.05) is 44.4 Å². The van der Waals surface area contributed by atoms with E-state index in [-0.39, 0.29) is 5.75 Å². The zero-order valence-corrected chi connectivity index (χ0v) is 13.6. The number of phosphoric acid groups is 1. The Balaban J connectivity index is 3.09. The highest BCUT2D eigenvalue weighted by Crippen LogP contribution is 2.42. The van der Waals surface area contributed by atoms with Crippen LogP contribution in [0, 0.1) is 0 Å². The molecule has 20 heavy (non-hydrogen) atoms. The normalized spacial score (nSPS) is 11.7. The van der Waals surface area contributed by atoms with Crippen LogP contribution in [0.4, 0.5) is 0 Å². The Hall–Kier alpha value is -0.540. The van der Waals surface area contributed by atoms with E-state index >= 15 is 0 Å². The Labute approximate surface area is 125 Å². The van der Waals surface area contributed by atoms with Gasteiger partial charge in [-0.05, 0) is 42.9 Å². The van der Waals surface area contributed by atoms with Crippen molar-refractivity contribution in [2.75, 3.05) is 0 Å². The Bertz CT molecular complexity index is 484. The van der Waals surface area contributed by atoms with Gasteiger partial charge in [-0.3, -0.25) is 9.79 Å². The van der Waals surface area contributed by atoms with E-state index in [0.29, 0.717) is 5.02 Å². The van der Waals surface area contributed by atoms with Crippen LogP contribution in [0.2, 0.25) is 5.02 Å². The molecular formula is C14H22ClO4P. The van der Waals surface area contributed by atoms with Crippen molar-refractivity contribution in [1.82, 2.24) is 0 Å². The fraction of sp³-hybridized carbons (Fsp3) is 0.571. The van der Waals surface area contributed by atoms with Crippen molar-refractivity contribution >= 4 is 19.4 Å². The SMILES string of the molecule is CCCCc1ccc(OP(=O)(O)O)c(Cl)c1CCCC. The van der Waals surface area contributed by atoms with Crippen molar-refractivity contribution in [2.24, 2.45) is 0 Å². The topological polar surface area (TPSA) is 66.8 Å². The number of rotatable bonds is 8. The van der Waals surface area contributed by atoms with E-state index in [1.165, 1.54) is 0 Å². The first-order valence-corrected chi connectivity index (χ1v) is 8.85. The molecule has 0 aliphatic rings. The fourth-order valence-corrected chi connectivity index (χ4v) is 2.84. The number of halogens is 1. The third-order valence-corrected chi connectivity index (χ3v) is 3.95. The third kappa shape index (κ3) is 5.45. The van der Waals surface area contributed by atoms with Crippen LogP contribution in [0.5, 0.6) is 5.75 Å². The molecule has 1 rings (SSSR count). The second kappa shape index (κ2) is 8.04. The minimum absolute atomic E-state index is 0.0614. The molecule has 0 bridgehead atoms. The Morgan fingerprint density at radius 1 is 1.15 bits per heavy atom. The highest BCUT2D eigenvalue weighted by Gasteiger charge is 2.20. The lowest BCUT2D eigenvalue weighted by molar-refractivity contribution is 0.283. The second-order valence-electron chi connectivity index (χ2n) is 4.80. The molecule has 0 radical (unpaired) electrons. The molecule has 114 valence electrons. The smallest absolute Gasteiger partial charge is 0.403 e. The van der Waals surface area contributed by atoms with E-state index < -0.39 is 7.82 Å². The van der Waals surface area contributed by atoms with E-state index in [1.54, 1.807) is 6.07 Å². The van der Waals surface area contributed by atoms with E-state index in [0.717, 1.165) is 49.7 Å². The van der Waals surface area contributed by atoms with Gasteiger partial charge >= 0.3 is 7.82 Å². The van der Waals surface area contributed by atoms with Gasteiger partial charge in [0.2, 0.25) is 0 Å². The average molecular weight is 321 g/mol. The van der Waals surface area contributed by atoms with Gasteiger partial charge in [0.1, 0.15) is 5.75 Å². The number of aryl methyl sites for hydroxylation is 1. The maximum atomic E-state index is 10.9. The van der Waals surface area contributed by atoms with Gasteiger partial charge in [0.15, 0.2) is 0 Å². The van der Waals surface area contributed by atoms with Crippen LogP contribution in [0.25, 0.3) is 0 Å². The predicted octanol–water partition coefficient (Wildman–Crippen LogP) is 4.50. The van der Waals surface area contributed by atoms with Crippen molar-refractivity contribution in [3.8, 4) is 5.75 Å². The van der Waals surface area contributed by atoms with Crippen molar-refractivity contribution in [3.05, 3.63) is 28.3 Å². The molecule has 4 nitrogen and oxygen atoms in total. The first kappa shape index (κ1) is 17.5. The molecule has 1 aromatic carbocycles. The van der Waals surface area contributed by atoms with Crippen LogP contribution in [0.15, 0.2) is 12.1 Å². The van der Waals surface area contributed by atoms with Gasteiger partial charge in [0, 0.05) is 0 Å². The molecular weight excluding hydrogens is 299 g/mol. The lowest BCUT2D eigenvalue weighted by Gasteiger charge is -2.15. The fourth-order valence-electron chi connectivity index (χ4n) is 2.06. The summed E-state index contributed by atoms with van der Waals surface area (Å²) in [6.45, 7) is 4.22. The minimum Gasteiger partial charge on any atom is -0.403 e. The molecule has 0 heterocycles. The predicted molar refractivity (Wildman–Crippen MR) is 81.3 cm³/mol. The molecule has 6 heteroatoms. The zero-order valence-electron chi connectivity index (χ0n) is 11.9. The standard InChI is InChI=1S/C14H22ClO4P/c1-3-5-7-11-9-10-13(19-20(16,17)18)14(15)12(11)8-6-4-2/h9-10H,3-8H2,1-2H3,(H2,16,17,18). The van der Waals surface area contributed by atoms with E-state index in [9.17, 15) is 4.57 Å². The molecule has 0 atom stereocenters. The summed E-state index contributed by atoms with van der Waals surface area (Å²) < 4.78 is 15.6. The van der Waals surface area contributed by atoms with E-state index in [1.807, 2.05) is 6.07 Å². The van der Waals surface area contributed by atoms with Gasteiger partial charge in [-0.15, -0.1) is 0 Å². The molecule has 0 unspecified atom stereocenters. The largest absolute Gasteiger partial charge is 0.524 e. The third-order valence-electron chi connectivity index (χ3n) is 3.10. The molecule has 0 aromatic heterocycles. The van der Waals surface area contributed by atoms with Gasteiger partial charge in [-0.2, -0.15) is 0 Å². The average Bonchev–Trinajstić information content (AvgIpc) is 2.36. The van der Waals surface area contributed by atoms with Crippen LogP contribution >= 0.6 is 19.4 Å². The lowest BCUT2D eigenvalue weighted by atomic mass is 9.97. The minimum atomic E-state index is -4.58. The Morgan fingerprint density at radius 3 is 2.30 bits per heavy atom. The van der Waals surface area contributed by atoms with Gasteiger partial charge < -0.3 is 4.52 Å². The van der Waals surface area contributed by atoms with Crippen molar-refractivity contribution in [1.29, 1.82) is 0 Å². The van der Waals surface area contributed by atoms with Crippen LogP contribution in [0.1, 0.15) is 50.7 Å². The molecule has 0 saturated heterocycles. The molecule has 0 spiro atoms. The number of benzene rings is 1. The Kier molecular flexibility index (Phi) is 7.04. The van der Waals surface area contributed by atoms with E-state index in [2.05, 4.69) is 18.4 Å². The summed E-state index contributed by atoms with van der Waals surface area (Å²) in [5.74, 6) is 0.0614.